The van der Waals surface area contributed by atoms with Crippen LogP contribution in [0.1, 0.15) is 62.3 Å². The molecule has 20 heteroatoms. The van der Waals surface area contributed by atoms with Gasteiger partial charge >= 0.3 is 30.4 Å². The van der Waals surface area contributed by atoms with Crippen LogP contribution in [-0.2, 0) is 35.3 Å². The molecule has 1 saturated heterocycles. The van der Waals surface area contributed by atoms with Crippen LogP contribution in [0.4, 0.5) is 37.2 Å². The van der Waals surface area contributed by atoms with Crippen molar-refractivity contribution >= 4 is 58.5 Å². The first-order valence-electron chi connectivity index (χ1n) is 17.8. The van der Waals surface area contributed by atoms with Crippen LogP contribution in [0.25, 0.3) is 22.2 Å². The number of aromatic nitrogens is 2. The number of carboxylic acids is 2. The quantitative estimate of drug-likeness (QED) is 0.0720. The van der Waals surface area contributed by atoms with Crippen molar-refractivity contribution in [2.24, 2.45) is 0 Å². The lowest BCUT2D eigenvalue weighted by Crippen LogP contribution is -2.64. The zero-order valence-electron chi connectivity index (χ0n) is 30.9. The van der Waals surface area contributed by atoms with Gasteiger partial charge in [0.25, 0.3) is 10.9 Å². The summed E-state index contributed by atoms with van der Waals surface area (Å²) in [6.07, 6.45) is -3.44. The minimum absolute atomic E-state index is 0.0824. The molecule has 56 heavy (non-hydrogen) atoms. The molecule has 13 nitrogen and oxygen atoms in total. The summed E-state index contributed by atoms with van der Waals surface area (Å²) in [7, 11) is 0. The molecule has 0 radical (unpaired) electrons. The number of H-pyrrole nitrogens is 1. The number of carbonyl (C=O) groups is 3. The van der Waals surface area contributed by atoms with E-state index in [0.717, 1.165) is 85.6 Å². The van der Waals surface area contributed by atoms with Crippen LogP contribution in [0.3, 0.4) is 0 Å². The van der Waals surface area contributed by atoms with Crippen molar-refractivity contribution < 1.29 is 69.4 Å². The molecule has 2 aromatic heterocycles. The molecule has 2 aromatic carbocycles. The van der Waals surface area contributed by atoms with Crippen molar-refractivity contribution in [3.05, 3.63) is 51.4 Å². The van der Waals surface area contributed by atoms with E-state index in [0.29, 0.717) is 17.9 Å². The number of aliphatic carboxylic acids is 2. The Balaban J connectivity index is 0.000000188. The topological polar surface area (TPSA) is 182 Å². The number of nitrogens with one attached hydrogen (secondary N) is 2. The fourth-order valence-corrected chi connectivity index (χ4v) is 6.94. The summed E-state index contributed by atoms with van der Waals surface area (Å²) in [6, 6.07) is 9.31. The van der Waals surface area contributed by atoms with Crippen LogP contribution in [-0.4, -0.2) is 105 Å². The molecule has 0 saturated carbocycles. The Labute approximate surface area is 321 Å². The lowest BCUT2D eigenvalue weighted by Gasteiger charge is -2.42. The highest BCUT2D eigenvalue weighted by Crippen LogP contribution is 2.32. The van der Waals surface area contributed by atoms with Gasteiger partial charge in [-0.25, -0.2) is 14.1 Å². The molecule has 0 aliphatic carbocycles. The first-order chi connectivity index (χ1) is 26.0. The van der Waals surface area contributed by atoms with Crippen LogP contribution >= 0.6 is 12.2 Å². The molecule has 4 aromatic rings. The van der Waals surface area contributed by atoms with Crippen LogP contribution in [0.15, 0.2) is 33.1 Å². The molecule has 1 amide bonds. The highest BCUT2D eigenvalue weighted by Gasteiger charge is 2.48. The molecule has 7 rings (SSSR count). The van der Waals surface area contributed by atoms with Crippen molar-refractivity contribution in [1.29, 1.82) is 0 Å². The number of halogens is 6. The maximum atomic E-state index is 12.0. The Kier molecular flexibility index (Phi) is 13.9. The molecule has 3 aliphatic rings. The number of amides is 1. The van der Waals surface area contributed by atoms with E-state index in [1.54, 1.807) is 0 Å². The number of oxazole rings is 2. The summed E-state index contributed by atoms with van der Waals surface area (Å²) < 4.78 is 75.0. The van der Waals surface area contributed by atoms with Crippen LogP contribution in [0.5, 0.6) is 0 Å². The summed E-state index contributed by atoms with van der Waals surface area (Å²) in [5.41, 5.74) is 8.46. The maximum absolute atomic E-state index is 12.0. The number of alkyl halides is 6. The van der Waals surface area contributed by atoms with Crippen molar-refractivity contribution in [1.82, 2.24) is 15.3 Å². The molecular formula is C36H44F6N5O8S+. The molecule has 1 unspecified atom stereocenters. The molecule has 1 fully saturated rings. The summed E-state index contributed by atoms with van der Waals surface area (Å²) in [6.45, 7) is 11.5. The minimum Gasteiger partial charge on any atom is -0.475 e. The van der Waals surface area contributed by atoms with Gasteiger partial charge in [0.2, 0.25) is 0 Å². The average molecular weight is 821 g/mol. The van der Waals surface area contributed by atoms with Crippen molar-refractivity contribution in [2.45, 2.75) is 83.6 Å². The summed E-state index contributed by atoms with van der Waals surface area (Å²) >= 11 is 5.03. The highest BCUT2D eigenvalue weighted by atomic mass is 32.1. The number of rotatable bonds is 1. The van der Waals surface area contributed by atoms with Crippen molar-refractivity contribution in [2.75, 3.05) is 44.2 Å². The number of carboxylic acid groups (broad SMARTS) is 3. The van der Waals surface area contributed by atoms with E-state index < -0.39 is 30.4 Å². The summed E-state index contributed by atoms with van der Waals surface area (Å²) in [4.78, 5) is 40.2. The van der Waals surface area contributed by atoms with E-state index in [2.05, 4.69) is 33.4 Å². The molecule has 1 atom stereocenters. The lowest BCUT2D eigenvalue weighted by atomic mass is 10.0. The molecule has 5 heterocycles. The third-order valence-electron chi connectivity index (χ3n) is 9.87. The van der Waals surface area contributed by atoms with Crippen LogP contribution in [0, 0.1) is 4.84 Å². The fraction of sp³-hybridized carbons (Fsp3) is 0.528. The first-order valence-corrected chi connectivity index (χ1v) is 18.2. The number of hydrogen-bond acceptors (Lipinski definition) is 9. The van der Waals surface area contributed by atoms with E-state index in [-0.39, 0.29) is 10.0 Å². The molecule has 308 valence electrons. The second-order valence-electron chi connectivity index (χ2n) is 14.5. The Morgan fingerprint density at radius 2 is 1.23 bits per heavy atom. The monoisotopic (exact) mass is 820 g/mol. The Bertz CT molecular complexity index is 1970. The largest absolute Gasteiger partial charge is 0.514 e. The first kappa shape index (κ1) is 44.0. The number of aromatic amines is 1. The SMILES string of the molecule is CC(C)(C)[N+]1(C(=O)O)CCc2cc3[nH]c(=S)oc3cc2CC1.O=C(O)C(F)(F)F.O=C(O)C(F)(F)F.c1c2c(cc3oc(N4CCCCC4)nc13)CCNCC2. The number of benzene rings is 2. The third kappa shape index (κ3) is 11.0. The second-order valence-corrected chi connectivity index (χ2v) is 14.9. The van der Waals surface area contributed by atoms with Gasteiger partial charge in [0.1, 0.15) is 11.1 Å². The molecule has 0 bridgehead atoms. The normalized spacial score (nSPS) is 18.7. The molecular weight excluding hydrogens is 776 g/mol. The van der Waals surface area contributed by atoms with E-state index in [4.69, 9.17) is 45.8 Å². The van der Waals surface area contributed by atoms with E-state index >= 15 is 0 Å². The third-order valence-corrected chi connectivity index (χ3v) is 10.1. The van der Waals surface area contributed by atoms with E-state index in [1.165, 1.54) is 36.0 Å². The van der Waals surface area contributed by atoms with Gasteiger partial charge in [-0.05, 0) is 125 Å². The number of anilines is 1. The minimum atomic E-state index is -5.08. The molecule has 5 N–H and O–H groups in total. The number of quaternary nitrogens is 1. The predicted molar refractivity (Wildman–Crippen MR) is 194 cm³/mol. The second kappa shape index (κ2) is 17.6. The Hall–Kier alpha value is -4.69. The van der Waals surface area contributed by atoms with E-state index in [1.807, 2.05) is 26.8 Å². The smallest absolute Gasteiger partial charge is 0.475 e. The molecule has 3 aliphatic heterocycles. The summed E-state index contributed by atoms with van der Waals surface area (Å²) in [5, 5.41) is 27.5. The van der Waals surface area contributed by atoms with Crippen molar-refractivity contribution in [3.63, 3.8) is 0 Å². The van der Waals surface area contributed by atoms with Crippen LogP contribution in [0.2, 0.25) is 0 Å². The van der Waals surface area contributed by atoms with Gasteiger partial charge in [-0.1, -0.05) is 0 Å². The fourth-order valence-electron chi connectivity index (χ4n) is 6.74. The highest BCUT2D eigenvalue weighted by molar-refractivity contribution is 7.71. The lowest BCUT2D eigenvalue weighted by molar-refractivity contribution is -0.902. The number of nitrogens with zero attached hydrogens (tertiary/aromatic N) is 3. The predicted octanol–water partition coefficient (Wildman–Crippen LogP) is 7.66. The number of hydrogen-bond donors (Lipinski definition) is 5. The van der Waals surface area contributed by atoms with Gasteiger partial charge in [-0.15, -0.1) is 0 Å². The van der Waals surface area contributed by atoms with Crippen molar-refractivity contribution in [3.8, 4) is 0 Å². The van der Waals surface area contributed by atoms with Crippen LogP contribution < -0.4 is 10.2 Å². The standard InChI is InChI=1S/C16H21N3O.C16H20N2O3S.2C2HF3O2/c1-2-8-19(9-3-1)16-18-14-10-12-4-6-17-7-5-13(12)11-15(14)20-16;1-16(2,3)18(15(19)20)6-4-10-8-12-13(21-14(22)17-12)9-11(10)5-7-18;2*3-2(4,5)1(6)7/h10-11,17H,1-9H2;8-9H,4-7H2,1-3H3,(H-,17,19,20,22);2*(H,6,7)/p+1. The Morgan fingerprint density at radius 1 is 0.750 bits per heavy atom. The maximum Gasteiger partial charge on any atom is 0.514 e. The number of piperidine rings is 1. The van der Waals surface area contributed by atoms with E-state index in [9.17, 15) is 36.2 Å². The number of fused-ring (bicyclic) bond motifs is 4. The van der Waals surface area contributed by atoms with Gasteiger partial charge in [0.05, 0.1) is 18.6 Å². The van der Waals surface area contributed by atoms with Gasteiger partial charge in [-0.3, -0.25) is 0 Å². The zero-order chi connectivity index (χ0) is 41.6. The Morgan fingerprint density at radius 3 is 1.73 bits per heavy atom. The average Bonchev–Trinajstić information content (AvgIpc) is 3.52. The van der Waals surface area contributed by atoms with Gasteiger partial charge in [-0.2, -0.15) is 36.1 Å². The van der Waals surface area contributed by atoms with Gasteiger partial charge in [0.15, 0.2) is 11.2 Å². The van der Waals surface area contributed by atoms with Gasteiger partial charge in [0, 0.05) is 25.9 Å². The molecule has 0 spiro atoms. The van der Waals surface area contributed by atoms with Gasteiger partial charge < -0.3 is 39.4 Å². The summed E-state index contributed by atoms with van der Waals surface area (Å²) in [5.74, 6) is -5.51. The zero-order valence-corrected chi connectivity index (χ0v) is 31.7.